The van der Waals surface area contributed by atoms with Crippen molar-refractivity contribution in [2.45, 2.75) is 13.5 Å². The molecule has 2 aromatic carbocycles. The van der Waals surface area contributed by atoms with E-state index in [-0.39, 0.29) is 11.7 Å². The minimum Gasteiger partial charge on any atom is -0.301 e. The maximum absolute atomic E-state index is 13.2. The number of aromatic nitrogens is 4. The Bertz CT molecular complexity index is 1040. The summed E-state index contributed by atoms with van der Waals surface area (Å²) in [5.41, 5.74) is 2.70. The zero-order valence-electron chi connectivity index (χ0n) is 14.3. The van der Waals surface area contributed by atoms with Gasteiger partial charge in [-0.25, -0.2) is 9.50 Å². The number of anilines is 1. The summed E-state index contributed by atoms with van der Waals surface area (Å²) in [6, 6.07) is 21.2. The Labute approximate surface area is 150 Å². The van der Waals surface area contributed by atoms with E-state index in [1.54, 1.807) is 15.6 Å². The van der Waals surface area contributed by atoms with Gasteiger partial charge in [-0.2, -0.15) is 4.98 Å². The summed E-state index contributed by atoms with van der Waals surface area (Å²) in [6.07, 6.45) is 1.66. The third kappa shape index (κ3) is 3.04. The zero-order chi connectivity index (χ0) is 17.9. The van der Waals surface area contributed by atoms with E-state index in [1.807, 2.05) is 73.7 Å². The molecule has 0 bridgehead atoms. The van der Waals surface area contributed by atoms with Crippen LogP contribution in [-0.4, -0.2) is 25.5 Å². The molecule has 2 heterocycles. The molecule has 0 saturated heterocycles. The van der Waals surface area contributed by atoms with E-state index in [0.29, 0.717) is 12.3 Å². The molecular weight excluding hydrogens is 326 g/mol. The number of benzene rings is 2. The third-order valence-corrected chi connectivity index (χ3v) is 4.12. The highest BCUT2D eigenvalue weighted by Gasteiger charge is 2.23. The summed E-state index contributed by atoms with van der Waals surface area (Å²) in [6.45, 7) is 2.34. The lowest BCUT2D eigenvalue weighted by Gasteiger charge is -2.21. The lowest BCUT2D eigenvalue weighted by atomic mass is 10.2. The largest absolute Gasteiger partial charge is 0.301 e. The van der Waals surface area contributed by atoms with Crippen LogP contribution in [0.1, 0.15) is 21.9 Å². The quantitative estimate of drug-likeness (QED) is 0.570. The zero-order valence-corrected chi connectivity index (χ0v) is 14.3. The molecule has 6 nitrogen and oxygen atoms in total. The number of aryl methyl sites for hydroxylation is 1. The van der Waals surface area contributed by atoms with Crippen molar-refractivity contribution in [3.8, 4) is 0 Å². The predicted molar refractivity (Wildman–Crippen MR) is 98.9 cm³/mol. The molecule has 0 aliphatic heterocycles. The molecule has 128 valence electrons. The van der Waals surface area contributed by atoms with Crippen LogP contribution in [0.2, 0.25) is 0 Å². The summed E-state index contributed by atoms with van der Waals surface area (Å²) in [5.74, 6) is 0.289. The Morgan fingerprint density at radius 3 is 2.38 bits per heavy atom. The van der Waals surface area contributed by atoms with Crippen molar-refractivity contribution in [3.05, 3.63) is 90.0 Å². The van der Waals surface area contributed by atoms with Crippen molar-refractivity contribution in [1.82, 2.24) is 19.6 Å². The summed E-state index contributed by atoms with van der Waals surface area (Å²) < 4.78 is 1.58. The second-order valence-corrected chi connectivity index (χ2v) is 5.95. The number of nitrogens with zero attached hydrogens (tertiary/aromatic N) is 5. The first-order chi connectivity index (χ1) is 12.7. The van der Waals surface area contributed by atoms with Crippen LogP contribution >= 0.6 is 0 Å². The average Bonchev–Trinajstić information content (AvgIpc) is 3.13. The van der Waals surface area contributed by atoms with Gasteiger partial charge in [-0.15, -0.1) is 5.10 Å². The van der Waals surface area contributed by atoms with E-state index in [9.17, 15) is 4.79 Å². The van der Waals surface area contributed by atoms with E-state index in [4.69, 9.17) is 0 Å². The van der Waals surface area contributed by atoms with Gasteiger partial charge in [-0.3, -0.25) is 4.79 Å². The number of hydrogen-bond acceptors (Lipinski definition) is 4. The molecule has 0 atom stereocenters. The van der Waals surface area contributed by atoms with Crippen molar-refractivity contribution < 1.29 is 4.79 Å². The Morgan fingerprint density at radius 2 is 1.69 bits per heavy atom. The van der Waals surface area contributed by atoms with Crippen LogP contribution in [0.5, 0.6) is 0 Å². The first-order valence-corrected chi connectivity index (χ1v) is 8.31. The molecule has 0 spiro atoms. The summed E-state index contributed by atoms with van der Waals surface area (Å²) >= 11 is 0. The molecular formula is C20H17N5O. The number of rotatable bonds is 4. The van der Waals surface area contributed by atoms with Gasteiger partial charge < -0.3 is 4.90 Å². The van der Waals surface area contributed by atoms with Gasteiger partial charge in [0.05, 0.1) is 6.54 Å². The predicted octanol–water partition coefficient (Wildman–Crippen LogP) is 3.28. The Hall–Kier alpha value is -3.54. The van der Waals surface area contributed by atoms with E-state index in [1.165, 1.54) is 0 Å². The number of amides is 1. The summed E-state index contributed by atoms with van der Waals surface area (Å²) in [5, 5.41) is 4.35. The lowest BCUT2D eigenvalue weighted by Crippen LogP contribution is -2.31. The van der Waals surface area contributed by atoms with Gasteiger partial charge >= 0.3 is 0 Å². The first-order valence-electron chi connectivity index (χ1n) is 8.31. The molecule has 2 aromatic heterocycles. The van der Waals surface area contributed by atoms with E-state index >= 15 is 0 Å². The number of para-hydroxylation sites is 1. The van der Waals surface area contributed by atoms with Gasteiger partial charge in [0.25, 0.3) is 11.7 Å². The van der Waals surface area contributed by atoms with E-state index in [2.05, 4.69) is 15.1 Å². The number of fused-ring (bicyclic) bond motifs is 1. The second kappa shape index (κ2) is 6.76. The molecule has 0 saturated carbocycles. The first kappa shape index (κ1) is 16.0. The van der Waals surface area contributed by atoms with Gasteiger partial charge in [0.1, 0.15) is 0 Å². The fraction of sp³-hybridized carbons (Fsp3) is 0.100. The van der Waals surface area contributed by atoms with Crippen LogP contribution < -0.4 is 4.90 Å². The van der Waals surface area contributed by atoms with Crippen LogP contribution in [0.15, 0.2) is 72.9 Å². The Kier molecular flexibility index (Phi) is 4.15. The van der Waals surface area contributed by atoms with Gasteiger partial charge in [0.15, 0.2) is 0 Å². The number of carbonyl (C=O) groups excluding carboxylic acids is 1. The monoisotopic (exact) mass is 343 g/mol. The van der Waals surface area contributed by atoms with E-state index in [0.717, 1.165) is 16.9 Å². The third-order valence-electron chi connectivity index (χ3n) is 4.12. The molecule has 0 fully saturated rings. The molecule has 4 rings (SSSR count). The normalized spacial score (nSPS) is 10.8. The SMILES string of the molecule is Cc1ccnc2nc(C(=O)N(Cc3ccccc3)c3ccccc3)nn12. The summed E-state index contributed by atoms with van der Waals surface area (Å²) in [4.78, 5) is 23.4. The maximum Gasteiger partial charge on any atom is 0.298 e. The summed E-state index contributed by atoms with van der Waals surface area (Å²) in [7, 11) is 0. The van der Waals surface area contributed by atoms with Gasteiger partial charge in [0, 0.05) is 17.6 Å². The highest BCUT2D eigenvalue weighted by molar-refractivity contribution is 6.03. The van der Waals surface area contributed by atoms with Crippen molar-refractivity contribution in [1.29, 1.82) is 0 Å². The van der Waals surface area contributed by atoms with Crippen molar-refractivity contribution in [3.63, 3.8) is 0 Å². The Morgan fingerprint density at radius 1 is 1.00 bits per heavy atom. The smallest absolute Gasteiger partial charge is 0.298 e. The number of hydrogen-bond donors (Lipinski definition) is 0. The van der Waals surface area contributed by atoms with Gasteiger partial charge in [-0.1, -0.05) is 48.5 Å². The molecule has 26 heavy (non-hydrogen) atoms. The fourth-order valence-corrected chi connectivity index (χ4v) is 2.77. The molecule has 0 aliphatic rings. The molecule has 0 radical (unpaired) electrons. The molecule has 0 aliphatic carbocycles. The molecule has 0 unspecified atom stereocenters. The van der Waals surface area contributed by atoms with Gasteiger partial charge in [-0.05, 0) is 30.7 Å². The van der Waals surface area contributed by atoms with Crippen molar-refractivity contribution >= 4 is 17.4 Å². The van der Waals surface area contributed by atoms with Crippen molar-refractivity contribution in [2.75, 3.05) is 4.90 Å². The van der Waals surface area contributed by atoms with Crippen LogP contribution in [0.3, 0.4) is 0 Å². The highest BCUT2D eigenvalue weighted by atomic mass is 16.2. The lowest BCUT2D eigenvalue weighted by molar-refractivity contribution is 0.0975. The minimum absolute atomic E-state index is 0.131. The van der Waals surface area contributed by atoms with Crippen LogP contribution in [0.4, 0.5) is 5.69 Å². The molecule has 1 amide bonds. The van der Waals surface area contributed by atoms with Crippen LogP contribution in [0, 0.1) is 6.92 Å². The van der Waals surface area contributed by atoms with Crippen molar-refractivity contribution in [2.24, 2.45) is 0 Å². The standard InChI is InChI=1S/C20H17N5O/c1-15-12-13-21-20-22-18(23-25(15)20)19(26)24(17-10-6-3-7-11-17)14-16-8-4-2-5-9-16/h2-13H,14H2,1H3. The fourth-order valence-electron chi connectivity index (χ4n) is 2.77. The molecule has 0 N–H and O–H groups in total. The Balaban J connectivity index is 1.74. The highest BCUT2D eigenvalue weighted by Crippen LogP contribution is 2.19. The van der Waals surface area contributed by atoms with E-state index < -0.39 is 0 Å². The van der Waals surface area contributed by atoms with Gasteiger partial charge in [0.2, 0.25) is 5.82 Å². The minimum atomic E-state index is -0.259. The van der Waals surface area contributed by atoms with Crippen LogP contribution in [0.25, 0.3) is 5.78 Å². The second-order valence-electron chi connectivity index (χ2n) is 5.95. The molecule has 4 aromatic rings. The average molecular weight is 343 g/mol. The molecule has 6 heteroatoms. The topological polar surface area (TPSA) is 63.4 Å². The van der Waals surface area contributed by atoms with Crippen LogP contribution in [-0.2, 0) is 6.54 Å². The maximum atomic E-state index is 13.2. The number of carbonyl (C=O) groups is 1.